The van der Waals surface area contributed by atoms with E-state index in [0.717, 1.165) is 0 Å². The monoisotopic (exact) mass is 321 g/mol. The lowest BCUT2D eigenvalue weighted by molar-refractivity contribution is -0.132. The lowest BCUT2D eigenvalue weighted by atomic mass is 10.1. The predicted molar refractivity (Wildman–Crippen MR) is 82.1 cm³/mol. The molecular weight excluding hydrogens is 301 g/mol. The predicted octanol–water partition coefficient (Wildman–Crippen LogP) is 1.96. The van der Waals surface area contributed by atoms with Crippen LogP contribution in [0, 0.1) is 12.7 Å². The van der Waals surface area contributed by atoms with Crippen molar-refractivity contribution in [2.24, 2.45) is 0 Å². The van der Waals surface area contributed by atoms with Crippen LogP contribution in [-0.4, -0.2) is 45.8 Å². The van der Waals surface area contributed by atoms with E-state index in [-0.39, 0.29) is 30.8 Å². The van der Waals surface area contributed by atoms with Gasteiger partial charge in [-0.3, -0.25) is 4.79 Å². The molecule has 0 bridgehead atoms. The minimum Gasteiger partial charge on any atom is -0.394 e. The van der Waals surface area contributed by atoms with Crippen molar-refractivity contribution in [3.05, 3.63) is 35.5 Å². The van der Waals surface area contributed by atoms with Gasteiger partial charge >= 0.3 is 0 Å². The number of aromatic nitrogens is 2. The maximum atomic E-state index is 13.3. The van der Waals surface area contributed by atoms with Gasteiger partial charge in [-0.1, -0.05) is 5.16 Å². The molecule has 0 fully saturated rings. The molecule has 0 aliphatic heterocycles. The molecule has 0 aliphatic rings. The lowest BCUT2D eigenvalue weighted by Gasteiger charge is -2.22. The molecule has 1 aromatic carbocycles. The van der Waals surface area contributed by atoms with Gasteiger partial charge in [0, 0.05) is 25.5 Å². The van der Waals surface area contributed by atoms with E-state index in [9.17, 15) is 9.18 Å². The second kappa shape index (κ2) is 7.32. The first-order chi connectivity index (χ1) is 10.9. The number of aliphatic hydroxyl groups is 1. The largest absolute Gasteiger partial charge is 0.394 e. The summed E-state index contributed by atoms with van der Waals surface area (Å²) in [6.07, 6.45) is 0.527. The quantitative estimate of drug-likeness (QED) is 0.880. The van der Waals surface area contributed by atoms with Crippen LogP contribution in [0.3, 0.4) is 0 Å². The van der Waals surface area contributed by atoms with Gasteiger partial charge in [-0.2, -0.15) is 4.98 Å². The first-order valence-electron chi connectivity index (χ1n) is 7.38. The number of hydrogen-bond acceptors (Lipinski definition) is 5. The van der Waals surface area contributed by atoms with E-state index in [0.29, 0.717) is 29.3 Å². The Balaban J connectivity index is 2.00. The number of rotatable bonds is 6. The van der Waals surface area contributed by atoms with Crippen LogP contribution in [0.4, 0.5) is 4.39 Å². The summed E-state index contributed by atoms with van der Waals surface area (Å²) in [6.45, 7) is 3.34. The third-order valence-electron chi connectivity index (χ3n) is 3.76. The van der Waals surface area contributed by atoms with Gasteiger partial charge in [-0.05, 0) is 37.6 Å². The van der Waals surface area contributed by atoms with Gasteiger partial charge in [0.2, 0.25) is 17.6 Å². The fourth-order valence-electron chi connectivity index (χ4n) is 2.02. The first-order valence-corrected chi connectivity index (χ1v) is 7.38. The van der Waals surface area contributed by atoms with Crippen molar-refractivity contribution >= 4 is 5.91 Å². The molecule has 0 aliphatic carbocycles. The number of carbonyl (C=O) groups is 1. The van der Waals surface area contributed by atoms with Crippen molar-refractivity contribution in [3.8, 4) is 11.4 Å². The number of halogens is 1. The number of nitrogens with zero attached hydrogens (tertiary/aromatic N) is 3. The molecule has 0 radical (unpaired) electrons. The smallest absolute Gasteiger partial charge is 0.227 e. The number of aryl methyl sites for hydroxylation is 2. The van der Waals surface area contributed by atoms with Crippen LogP contribution in [0.2, 0.25) is 0 Å². The van der Waals surface area contributed by atoms with E-state index >= 15 is 0 Å². The van der Waals surface area contributed by atoms with E-state index in [2.05, 4.69) is 10.1 Å². The molecule has 7 heteroatoms. The molecule has 1 aromatic heterocycles. The molecule has 2 rings (SSSR count). The van der Waals surface area contributed by atoms with Crippen molar-refractivity contribution in [1.82, 2.24) is 15.0 Å². The van der Waals surface area contributed by atoms with Gasteiger partial charge in [-0.15, -0.1) is 0 Å². The molecule has 0 saturated heterocycles. The summed E-state index contributed by atoms with van der Waals surface area (Å²) in [5.74, 6) is 0.320. The van der Waals surface area contributed by atoms with Crippen LogP contribution in [-0.2, 0) is 11.2 Å². The SMILES string of the molecule is Cc1cc(-c2noc(CCC(=O)N(C)C(C)CO)n2)ccc1F. The Morgan fingerprint density at radius 1 is 1.48 bits per heavy atom. The average molecular weight is 321 g/mol. The Labute approximate surface area is 133 Å². The van der Waals surface area contributed by atoms with E-state index in [1.165, 1.54) is 11.0 Å². The average Bonchev–Trinajstić information content (AvgIpc) is 3.02. The molecule has 0 spiro atoms. The molecule has 1 amide bonds. The number of benzene rings is 1. The molecule has 1 atom stereocenters. The number of likely N-dealkylation sites (N-methyl/N-ethyl adjacent to an activating group) is 1. The van der Waals surface area contributed by atoms with Crippen LogP contribution in [0.25, 0.3) is 11.4 Å². The Kier molecular flexibility index (Phi) is 5.44. The third kappa shape index (κ3) is 4.13. The van der Waals surface area contributed by atoms with Crippen LogP contribution in [0.5, 0.6) is 0 Å². The number of amides is 1. The Morgan fingerprint density at radius 2 is 2.22 bits per heavy atom. The number of hydrogen-bond donors (Lipinski definition) is 1. The summed E-state index contributed by atoms with van der Waals surface area (Å²) < 4.78 is 18.4. The van der Waals surface area contributed by atoms with E-state index in [1.807, 2.05) is 0 Å². The van der Waals surface area contributed by atoms with E-state index in [4.69, 9.17) is 9.63 Å². The highest BCUT2D eigenvalue weighted by Crippen LogP contribution is 2.19. The van der Waals surface area contributed by atoms with Crippen LogP contribution < -0.4 is 0 Å². The molecular formula is C16H20FN3O3. The summed E-state index contributed by atoms with van der Waals surface area (Å²) in [5.41, 5.74) is 1.17. The van der Waals surface area contributed by atoms with Gasteiger partial charge < -0.3 is 14.5 Å². The van der Waals surface area contributed by atoms with Crippen molar-refractivity contribution in [2.75, 3.05) is 13.7 Å². The number of carbonyl (C=O) groups excluding carboxylic acids is 1. The fourth-order valence-corrected chi connectivity index (χ4v) is 2.02. The molecule has 2 aromatic rings. The van der Waals surface area contributed by atoms with Gasteiger partial charge in [0.15, 0.2) is 0 Å². The van der Waals surface area contributed by atoms with E-state index in [1.54, 1.807) is 33.0 Å². The summed E-state index contributed by atoms with van der Waals surface area (Å²) in [4.78, 5) is 17.7. The molecule has 23 heavy (non-hydrogen) atoms. The summed E-state index contributed by atoms with van der Waals surface area (Å²) in [7, 11) is 1.64. The maximum Gasteiger partial charge on any atom is 0.227 e. The van der Waals surface area contributed by atoms with Crippen molar-refractivity contribution < 1.29 is 18.8 Å². The highest BCUT2D eigenvalue weighted by Gasteiger charge is 2.17. The van der Waals surface area contributed by atoms with Crippen LogP contribution in [0.15, 0.2) is 22.7 Å². The van der Waals surface area contributed by atoms with Crippen LogP contribution in [0.1, 0.15) is 24.8 Å². The van der Waals surface area contributed by atoms with Crippen molar-refractivity contribution in [1.29, 1.82) is 0 Å². The molecule has 1 N–H and O–H groups in total. The van der Waals surface area contributed by atoms with Crippen molar-refractivity contribution in [2.45, 2.75) is 32.7 Å². The minimum atomic E-state index is -0.288. The summed E-state index contributed by atoms with van der Waals surface area (Å²) in [6, 6.07) is 4.35. The topological polar surface area (TPSA) is 79.5 Å². The molecule has 0 saturated carbocycles. The van der Waals surface area contributed by atoms with Crippen molar-refractivity contribution in [3.63, 3.8) is 0 Å². The molecule has 124 valence electrons. The second-order valence-electron chi connectivity index (χ2n) is 5.51. The minimum absolute atomic E-state index is 0.0864. The maximum absolute atomic E-state index is 13.3. The Morgan fingerprint density at radius 3 is 2.87 bits per heavy atom. The molecule has 6 nitrogen and oxygen atoms in total. The molecule has 1 unspecified atom stereocenters. The zero-order chi connectivity index (χ0) is 17.0. The zero-order valence-corrected chi connectivity index (χ0v) is 13.4. The first kappa shape index (κ1) is 17.1. The van der Waals surface area contributed by atoms with E-state index < -0.39 is 0 Å². The molecule has 1 heterocycles. The fraction of sp³-hybridized carbons (Fsp3) is 0.438. The summed E-state index contributed by atoms with van der Waals surface area (Å²) in [5, 5.41) is 12.9. The standard InChI is InChI=1S/C16H20FN3O3/c1-10-8-12(4-5-13(10)17)16-18-14(23-19-16)6-7-15(22)20(3)11(2)9-21/h4-5,8,11,21H,6-7,9H2,1-3H3. The lowest BCUT2D eigenvalue weighted by Crippen LogP contribution is -2.37. The highest BCUT2D eigenvalue weighted by molar-refractivity contribution is 5.76. The zero-order valence-electron chi connectivity index (χ0n) is 13.4. The third-order valence-corrected chi connectivity index (χ3v) is 3.76. The van der Waals surface area contributed by atoms with Crippen LogP contribution >= 0.6 is 0 Å². The van der Waals surface area contributed by atoms with Gasteiger partial charge in [0.25, 0.3) is 0 Å². The van der Waals surface area contributed by atoms with Gasteiger partial charge in [-0.25, -0.2) is 4.39 Å². The van der Waals surface area contributed by atoms with Gasteiger partial charge in [0.1, 0.15) is 5.82 Å². The Hall–Kier alpha value is -2.28. The number of aliphatic hydroxyl groups excluding tert-OH is 1. The summed E-state index contributed by atoms with van der Waals surface area (Å²) >= 11 is 0. The highest BCUT2D eigenvalue weighted by atomic mass is 19.1. The second-order valence-corrected chi connectivity index (χ2v) is 5.51. The normalized spacial score (nSPS) is 12.2. The Bertz CT molecular complexity index is 687. The van der Waals surface area contributed by atoms with Gasteiger partial charge in [0.05, 0.1) is 12.6 Å².